The van der Waals surface area contributed by atoms with Gasteiger partial charge in [-0.15, -0.1) is 0 Å². The lowest BCUT2D eigenvalue weighted by atomic mass is 9.82. The van der Waals surface area contributed by atoms with Crippen LogP contribution in [0.4, 0.5) is 22.0 Å². The van der Waals surface area contributed by atoms with Crippen LogP contribution in [0.15, 0.2) is 47.3 Å². The van der Waals surface area contributed by atoms with Gasteiger partial charge in [0.15, 0.2) is 5.60 Å². The molecule has 0 bridgehead atoms. The molecule has 1 atom stereocenters. The summed E-state index contributed by atoms with van der Waals surface area (Å²) in [4.78, 5) is 0. The van der Waals surface area contributed by atoms with Crippen molar-refractivity contribution in [1.29, 1.82) is 0 Å². The van der Waals surface area contributed by atoms with Gasteiger partial charge < -0.3 is 9.52 Å². The molecule has 1 aromatic heterocycles. The molecule has 0 spiro atoms. The highest BCUT2D eigenvalue weighted by atomic mass is 35.5. The zero-order valence-corrected chi connectivity index (χ0v) is 10.9. The molecule has 0 aliphatic rings. The van der Waals surface area contributed by atoms with Gasteiger partial charge in [-0.1, -0.05) is 23.7 Å². The average molecular weight is 327 g/mol. The van der Waals surface area contributed by atoms with Gasteiger partial charge in [0, 0.05) is 10.6 Å². The van der Waals surface area contributed by atoms with Crippen molar-refractivity contribution in [2.75, 3.05) is 0 Å². The Balaban J connectivity index is 2.73. The van der Waals surface area contributed by atoms with Crippen LogP contribution in [0.1, 0.15) is 11.1 Å². The van der Waals surface area contributed by atoms with Gasteiger partial charge in [-0.3, -0.25) is 0 Å². The second-order valence-electron chi connectivity index (χ2n) is 4.30. The lowest BCUT2D eigenvalue weighted by Crippen LogP contribution is -2.55. The zero-order valence-electron chi connectivity index (χ0n) is 10.2. The minimum atomic E-state index is -5.97. The predicted molar refractivity (Wildman–Crippen MR) is 64.2 cm³/mol. The van der Waals surface area contributed by atoms with Crippen LogP contribution in [0.5, 0.6) is 0 Å². The molecule has 0 radical (unpaired) electrons. The predicted octanol–water partition coefficient (Wildman–Crippen LogP) is 4.37. The molecule has 0 saturated heterocycles. The highest BCUT2D eigenvalue weighted by Gasteiger charge is 2.71. The highest BCUT2D eigenvalue weighted by molar-refractivity contribution is 6.30. The maximum absolute atomic E-state index is 13.9. The Bertz CT molecular complexity index is 624. The normalized spacial score (nSPS) is 15.8. The first-order valence-electron chi connectivity index (χ1n) is 5.56. The topological polar surface area (TPSA) is 33.4 Å². The fourth-order valence-corrected chi connectivity index (χ4v) is 2.11. The average Bonchev–Trinajstić information content (AvgIpc) is 2.90. The molecule has 0 fully saturated rings. The number of aliphatic hydroxyl groups is 1. The molecule has 21 heavy (non-hydrogen) atoms. The van der Waals surface area contributed by atoms with Gasteiger partial charge in [0.05, 0.1) is 12.5 Å². The Hall–Kier alpha value is -1.60. The number of hydrogen-bond acceptors (Lipinski definition) is 2. The zero-order chi connectivity index (χ0) is 15.9. The lowest BCUT2D eigenvalue weighted by Gasteiger charge is -2.36. The molecule has 1 heterocycles. The van der Waals surface area contributed by atoms with Gasteiger partial charge >= 0.3 is 12.1 Å². The molecule has 0 saturated carbocycles. The van der Waals surface area contributed by atoms with E-state index in [9.17, 15) is 27.1 Å². The van der Waals surface area contributed by atoms with Crippen molar-refractivity contribution in [3.05, 3.63) is 59.0 Å². The van der Waals surface area contributed by atoms with Crippen molar-refractivity contribution in [3.63, 3.8) is 0 Å². The molecular formula is C13H8ClF5O2. The molecule has 2 rings (SSSR count). The first kappa shape index (κ1) is 15.8. The van der Waals surface area contributed by atoms with Gasteiger partial charge in [-0.05, 0) is 23.8 Å². The van der Waals surface area contributed by atoms with Crippen LogP contribution in [-0.4, -0.2) is 17.2 Å². The third-order valence-corrected chi connectivity index (χ3v) is 3.23. The SMILES string of the molecule is OC(c1ccoc1)(c1cccc(Cl)c1)C(F)(F)C(F)(F)F. The van der Waals surface area contributed by atoms with E-state index in [0.29, 0.717) is 6.26 Å². The summed E-state index contributed by atoms with van der Waals surface area (Å²) in [6.45, 7) is 0. The van der Waals surface area contributed by atoms with Crippen LogP contribution < -0.4 is 0 Å². The number of benzene rings is 1. The first-order valence-corrected chi connectivity index (χ1v) is 5.94. The molecular weight excluding hydrogens is 319 g/mol. The van der Waals surface area contributed by atoms with Crippen LogP contribution in [0, 0.1) is 0 Å². The Labute approximate surface area is 120 Å². The molecule has 0 aliphatic carbocycles. The van der Waals surface area contributed by atoms with Crippen molar-refractivity contribution in [2.24, 2.45) is 0 Å². The summed E-state index contributed by atoms with van der Waals surface area (Å²) in [6.07, 6.45) is -4.46. The summed E-state index contributed by atoms with van der Waals surface area (Å²) in [5, 5.41) is 10.2. The standard InChI is InChI=1S/C13H8ClF5O2/c14-10-3-1-2-8(6-10)11(20,9-4-5-21-7-9)12(15,16)13(17,18)19/h1-7,20H. The van der Waals surface area contributed by atoms with E-state index in [1.165, 1.54) is 6.07 Å². The van der Waals surface area contributed by atoms with Gasteiger partial charge in [0.25, 0.3) is 0 Å². The van der Waals surface area contributed by atoms with E-state index in [0.717, 1.165) is 30.5 Å². The molecule has 2 nitrogen and oxygen atoms in total. The molecule has 2 aromatic rings. The van der Waals surface area contributed by atoms with Crippen molar-refractivity contribution < 1.29 is 31.5 Å². The minimum absolute atomic E-state index is 0.0904. The van der Waals surface area contributed by atoms with E-state index < -0.39 is 28.8 Å². The summed E-state index contributed by atoms with van der Waals surface area (Å²) in [5.41, 5.74) is -5.07. The summed E-state index contributed by atoms with van der Waals surface area (Å²) >= 11 is 5.62. The third-order valence-electron chi connectivity index (χ3n) is 2.99. The maximum atomic E-state index is 13.9. The lowest BCUT2D eigenvalue weighted by molar-refractivity contribution is -0.336. The van der Waals surface area contributed by atoms with Gasteiger partial charge in [0.1, 0.15) is 0 Å². The monoisotopic (exact) mass is 326 g/mol. The second kappa shape index (κ2) is 4.99. The maximum Gasteiger partial charge on any atom is 0.457 e. The van der Waals surface area contributed by atoms with Crippen molar-refractivity contribution >= 4 is 11.6 Å². The van der Waals surface area contributed by atoms with Gasteiger partial charge in [0.2, 0.25) is 0 Å². The summed E-state index contributed by atoms with van der Waals surface area (Å²) < 4.78 is 70.5. The van der Waals surface area contributed by atoms with Crippen LogP contribution in [0.3, 0.4) is 0 Å². The van der Waals surface area contributed by atoms with Crippen molar-refractivity contribution in [2.45, 2.75) is 17.7 Å². The van der Waals surface area contributed by atoms with E-state index in [1.807, 2.05) is 0 Å². The van der Waals surface area contributed by atoms with Crippen LogP contribution >= 0.6 is 11.6 Å². The number of halogens is 6. The summed E-state index contributed by atoms with van der Waals surface area (Å²) in [7, 11) is 0. The van der Waals surface area contributed by atoms with Gasteiger partial charge in [-0.25, -0.2) is 0 Å². The first-order chi connectivity index (χ1) is 9.60. The quantitative estimate of drug-likeness (QED) is 0.850. The van der Waals surface area contributed by atoms with E-state index in [4.69, 9.17) is 11.6 Å². The number of furan rings is 1. The fourth-order valence-electron chi connectivity index (χ4n) is 1.92. The molecule has 1 N–H and O–H groups in total. The molecule has 8 heteroatoms. The van der Waals surface area contributed by atoms with E-state index >= 15 is 0 Å². The molecule has 1 unspecified atom stereocenters. The Kier molecular flexibility index (Phi) is 3.75. The van der Waals surface area contributed by atoms with E-state index in [1.54, 1.807) is 0 Å². The Morgan fingerprint density at radius 3 is 2.14 bits per heavy atom. The Morgan fingerprint density at radius 2 is 1.67 bits per heavy atom. The van der Waals surface area contributed by atoms with Crippen LogP contribution in [0.25, 0.3) is 0 Å². The van der Waals surface area contributed by atoms with Crippen LogP contribution in [-0.2, 0) is 5.60 Å². The molecule has 0 aliphatic heterocycles. The number of rotatable bonds is 3. The number of hydrogen-bond donors (Lipinski definition) is 1. The summed E-state index contributed by atoms with van der Waals surface area (Å²) in [6, 6.07) is 5.05. The molecule has 114 valence electrons. The second-order valence-corrected chi connectivity index (χ2v) is 4.74. The smallest absolute Gasteiger partial charge is 0.457 e. The largest absolute Gasteiger partial charge is 0.472 e. The molecule has 1 aromatic carbocycles. The number of alkyl halides is 5. The van der Waals surface area contributed by atoms with Crippen molar-refractivity contribution in [1.82, 2.24) is 0 Å². The molecule has 0 amide bonds. The van der Waals surface area contributed by atoms with Gasteiger partial charge in [-0.2, -0.15) is 22.0 Å². The van der Waals surface area contributed by atoms with E-state index in [-0.39, 0.29) is 5.02 Å². The Morgan fingerprint density at radius 1 is 1.00 bits per heavy atom. The summed E-state index contributed by atoms with van der Waals surface area (Å²) in [5.74, 6) is -5.45. The highest BCUT2D eigenvalue weighted by Crippen LogP contribution is 2.51. The van der Waals surface area contributed by atoms with E-state index in [2.05, 4.69) is 4.42 Å². The minimum Gasteiger partial charge on any atom is -0.472 e. The van der Waals surface area contributed by atoms with Crippen LogP contribution in [0.2, 0.25) is 5.02 Å². The van der Waals surface area contributed by atoms with Crippen molar-refractivity contribution in [3.8, 4) is 0 Å². The third kappa shape index (κ3) is 2.40. The fraction of sp³-hybridized carbons (Fsp3) is 0.231.